The van der Waals surface area contributed by atoms with Gasteiger partial charge in [-0.15, -0.1) is 0 Å². The van der Waals surface area contributed by atoms with E-state index in [0.29, 0.717) is 43.4 Å². The lowest BCUT2D eigenvalue weighted by molar-refractivity contribution is 0.0251. The van der Waals surface area contributed by atoms with Crippen molar-refractivity contribution in [3.05, 3.63) is 47.0 Å². The normalized spacial score (nSPS) is 15.3. The Balaban J connectivity index is 1.65. The molecule has 1 fully saturated rings. The number of benzene rings is 1. The molecule has 0 aliphatic carbocycles. The molecule has 1 atom stereocenters. The van der Waals surface area contributed by atoms with E-state index >= 15 is 0 Å². The molecule has 0 spiro atoms. The lowest BCUT2D eigenvalue weighted by Gasteiger charge is -2.39. The summed E-state index contributed by atoms with van der Waals surface area (Å²) in [4.78, 5) is 11.6. The second-order valence-electron chi connectivity index (χ2n) is 9.40. The van der Waals surface area contributed by atoms with Crippen LogP contribution < -0.4 is 10.1 Å². The van der Waals surface area contributed by atoms with Crippen LogP contribution in [0.3, 0.4) is 0 Å². The zero-order chi connectivity index (χ0) is 25.8. The molecule has 0 amide bonds. The summed E-state index contributed by atoms with van der Waals surface area (Å²) in [6.07, 6.45) is -2.28. The topological polar surface area (TPSA) is 96.5 Å². The van der Waals surface area contributed by atoms with Gasteiger partial charge in [-0.1, -0.05) is 17.3 Å². The standard InChI is InChI=1S/C26H33F2N5O3/c1-15-22(8-18-11-33(12-18)13-23(27)28)30-26(31-25(15)24-16(2)32-36-17(24)3)19-6-5-7-21(9-19)35-14-20(34)10-29-4/h5-7,9,18,20,23,29,34H,8,10-14H2,1-4H3. The molecule has 1 aromatic carbocycles. The van der Waals surface area contributed by atoms with Crippen LogP contribution in [0.5, 0.6) is 5.75 Å². The molecule has 3 aromatic rings. The van der Waals surface area contributed by atoms with Crippen LogP contribution in [-0.2, 0) is 6.42 Å². The van der Waals surface area contributed by atoms with Crippen molar-refractivity contribution in [2.45, 2.75) is 39.7 Å². The van der Waals surface area contributed by atoms with Crippen LogP contribution in [0.1, 0.15) is 22.7 Å². The van der Waals surface area contributed by atoms with Crippen LogP contribution >= 0.6 is 0 Å². The predicted octanol–water partition coefficient (Wildman–Crippen LogP) is 3.42. The van der Waals surface area contributed by atoms with E-state index < -0.39 is 12.5 Å². The number of nitrogens with one attached hydrogen (secondary N) is 1. The van der Waals surface area contributed by atoms with Gasteiger partial charge >= 0.3 is 0 Å². The molecule has 10 heteroatoms. The monoisotopic (exact) mass is 501 g/mol. The van der Waals surface area contributed by atoms with Gasteiger partial charge in [0.1, 0.15) is 24.2 Å². The molecule has 0 saturated carbocycles. The highest BCUT2D eigenvalue weighted by molar-refractivity contribution is 5.71. The van der Waals surface area contributed by atoms with E-state index in [1.54, 1.807) is 11.9 Å². The van der Waals surface area contributed by atoms with Gasteiger partial charge in [0.2, 0.25) is 0 Å². The number of hydrogen-bond donors (Lipinski definition) is 2. The van der Waals surface area contributed by atoms with Crippen molar-refractivity contribution in [1.29, 1.82) is 0 Å². The van der Waals surface area contributed by atoms with Crippen LogP contribution in [0, 0.1) is 26.7 Å². The molecule has 1 unspecified atom stereocenters. The average molecular weight is 502 g/mol. The van der Waals surface area contributed by atoms with Gasteiger partial charge in [0.15, 0.2) is 5.82 Å². The second kappa shape index (κ2) is 11.4. The third kappa shape index (κ3) is 6.05. The van der Waals surface area contributed by atoms with Crippen LogP contribution in [0.15, 0.2) is 28.8 Å². The van der Waals surface area contributed by atoms with E-state index in [1.807, 2.05) is 45.0 Å². The number of halogens is 2. The van der Waals surface area contributed by atoms with Gasteiger partial charge < -0.3 is 19.7 Å². The first-order valence-corrected chi connectivity index (χ1v) is 12.1. The third-order valence-electron chi connectivity index (χ3n) is 6.40. The Morgan fingerprint density at radius 3 is 2.67 bits per heavy atom. The summed E-state index contributed by atoms with van der Waals surface area (Å²) < 4.78 is 36.6. The summed E-state index contributed by atoms with van der Waals surface area (Å²) in [5.74, 6) is 2.07. The average Bonchev–Trinajstić information content (AvgIpc) is 3.15. The first-order valence-electron chi connectivity index (χ1n) is 12.1. The number of rotatable bonds is 11. The fourth-order valence-corrected chi connectivity index (χ4v) is 4.59. The van der Waals surface area contributed by atoms with E-state index in [9.17, 15) is 13.9 Å². The van der Waals surface area contributed by atoms with Crippen molar-refractivity contribution in [3.8, 4) is 28.4 Å². The minimum Gasteiger partial charge on any atom is -0.491 e. The summed E-state index contributed by atoms with van der Waals surface area (Å²) in [5.41, 5.74) is 4.93. The molecule has 2 aromatic heterocycles. The number of alkyl halides is 2. The number of aromatic nitrogens is 3. The van der Waals surface area contributed by atoms with E-state index in [0.717, 1.165) is 33.8 Å². The molecule has 36 heavy (non-hydrogen) atoms. The van der Waals surface area contributed by atoms with Gasteiger partial charge in [-0.3, -0.25) is 4.90 Å². The highest BCUT2D eigenvalue weighted by atomic mass is 19.3. The Morgan fingerprint density at radius 2 is 2.00 bits per heavy atom. The molecular formula is C26H33F2N5O3. The third-order valence-corrected chi connectivity index (χ3v) is 6.40. The van der Waals surface area contributed by atoms with Gasteiger partial charge in [0.05, 0.1) is 23.5 Å². The maximum atomic E-state index is 12.7. The summed E-state index contributed by atoms with van der Waals surface area (Å²) >= 11 is 0. The Kier molecular flexibility index (Phi) is 8.28. The SMILES string of the molecule is CNCC(O)COc1cccc(-c2nc(CC3CN(CC(F)F)C3)c(C)c(-c3c(C)noc3C)n2)c1. The van der Waals surface area contributed by atoms with Gasteiger partial charge in [-0.05, 0) is 57.9 Å². The van der Waals surface area contributed by atoms with E-state index in [1.165, 1.54) is 0 Å². The molecule has 2 N–H and O–H groups in total. The van der Waals surface area contributed by atoms with E-state index in [-0.39, 0.29) is 19.1 Å². The first-order chi connectivity index (χ1) is 17.2. The predicted molar refractivity (Wildman–Crippen MR) is 132 cm³/mol. The van der Waals surface area contributed by atoms with Crippen molar-refractivity contribution >= 4 is 0 Å². The van der Waals surface area contributed by atoms with Crippen molar-refractivity contribution in [3.63, 3.8) is 0 Å². The van der Waals surface area contributed by atoms with Crippen molar-refractivity contribution < 1.29 is 23.1 Å². The molecule has 8 nitrogen and oxygen atoms in total. The number of likely N-dealkylation sites (N-methyl/N-ethyl adjacent to an activating group) is 1. The summed E-state index contributed by atoms with van der Waals surface area (Å²) in [7, 11) is 1.77. The maximum Gasteiger partial charge on any atom is 0.251 e. The number of aliphatic hydroxyl groups excluding tert-OH is 1. The van der Waals surface area contributed by atoms with Crippen LogP contribution in [0.4, 0.5) is 8.78 Å². The van der Waals surface area contributed by atoms with Crippen LogP contribution in [0.2, 0.25) is 0 Å². The van der Waals surface area contributed by atoms with Gasteiger partial charge in [0.25, 0.3) is 6.43 Å². The molecular weight excluding hydrogens is 468 g/mol. The summed E-state index contributed by atoms with van der Waals surface area (Å²) in [6, 6.07) is 7.45. The first kappa shape index (κ1) is 26.1. The molecule has 1 saturated heterocycles. The Bertz CT molecular complexity index is 1160. The highest BCUT2D eigenvalue weighted by Gasteiger charge is 2.30. The molecule has 4 rings (SSSR count). The largest absolute Gasteiger partial charge is 0.491 e. The van der Waals surface area contributed by atoms with Gasteiger partial charge in [-0.25, -0.2) is 18.7 Å². The Labute approximate surface area is 209 Å². The van der Waals surface area contributed by atoms with E-state index in [4.69, 9.17) is 19.2 Å². The van der Waals surface area contributed by atoms with E-state index in [2.05, 4.69) is 10.5 Å². The minimum absolute atomic E-state index is 0.158. The molecule has 3 heterocycles. The van der Waals surface area contributed by atoms with Crippen molar-refractivity contribution in [2.24, 2.45) is 5.92 Å². The molecule has 194 valence electrons. The quantitative estimate of drug-likeness (QED) is 0.413. The number of likely N-dealkylation sites (tertiary alicyclic amines) is 1. The second-order valence-corrected chi connectivity index (χ2v) is 9.40. The number of aryl methyl sites for hydroxylation is 2. The highest BCUT2D eigenvalue weighted by Crippen LogP contribution is 2.33. The minimum atomic E-state index is -2.32. The zero-order valence-electron chi connectivity index (χ0n) is 21.1. The van der Waals surface area contributed by atoms with Crippen LogP contribution in [0.25, 0.3) is 22.6 Å². The lowest BCUT2D eigenvalue weighted by Crippen LogP contribution is -2.49. The Hall–Kier alpha value is -2.95. The summed E-state index contributed by atoms with van der Waals surface area (Å²) in [6.45, 7) is 7.38. The molecule has 1 aliphatic heterocycles. The zero-order valence-corrected chi connectivity index (χ0v) is 21.1. The number of aliphatic hydroxyl groups is 1. The molecule has 1 aliphatic rings. The fourth-order valence-electron chi connectivity index (χ4n) is 4.59. The van der Waals surface area contributed by atoms with Gasteiger partial charge in [0, 0.05) is 30.9 Å². The fraction of sp³-hybridized carbons (Fsp3) is 0.500. The lowest BCUT2D eigenvalue weighted by atomic mass is 9.91. The number of ether oxygens (including phenoxy) is 1. The summed E-state index contributed by atoms with van der Waals surface area (Å²) in [5, 5.41) is 17.0. The molecule has 0 bridgehead atoms. The van der Waals surface area contributed by atoms with Crippen molar-refractivity contribution in [2.75, 3.05) is 39.8 Å². The van der Waals surface area contributed by atoms with Gasteiger partial charge in [-0.2, -0.15) is 0 Å². The Morgan fingerprint density at radius 1 is 1.22 bits per heavy atom. The van der Waals surface area contributed by atoms with Crippen LogP contribution in [-0.4, -0.2) is 77.5 Å². The smallest absolute Gasteiger partial charge is 0.251 e. The number of hydrogen-bond acceptors (Lipinski definition) is 8. The number of nitrogens with zero attached hydrogens (tertiary/aromatic N) is 4. The molecule has 0 radical (unpaired) electrons. The van der Waals surface area contributed by atoms with Crippen molar-refractivity contribution in [1.82, 2.24) is 25.3 Å². The maximum absolute atomic E-state index is 12.7.